The molecule has 0 aliphatic heterocycles. The Hall–Kier alpha value is -4.78. The molecule has 0 saturated carbocycles. The van der Waals surface area contributed by atoms with E-state index in [0.717, 1.165) is 11.1 Å². The average Bonchev–Trinajstić information content (AvgIpc) is 2.91. The first-order valence-corrected chi connectivity index (χ1v) is 10.9. The molecule has 4 rings (SSSR count). The predicted molar refractivity (Wildman–Crippen MR) is 133 cm³/mol. The van der Waals surface area contributed by atoms with Crippen LogP contribution in [0.15, 0.2) is 73.2 Å². The zero-order valence-electron chi connectivity index (χ0n) is 18.4. The predicted octanol–water partition coefficient (Wildman–Crippen LogP) is 6.10. The maximum Gasteiger partial charge on any atom is 0.153 e. The minimum absolute atomic E-state index is 0.118. The van der Waals surface area contributed by atoms with Gasteiger partial charge in [-0.05, 0) is 41.5 Å². The minimum Gasteiger partial charge on any atom is -0.488 e. The van der Waals surface area contributed by atoms with E-state index in [2.05, 4.69) is 16.0 Å². The number of carbonyl (C=O) groups is 1. The van der Waals surface area contributed by atoms with Crippen molar-refractivity contribution in [2.45, 2.75) is 6.61 Å². The number of nitrogens with zero attached hydrogens (tertiary/aromatic N) is 4. The summed E-state index contributed by atoms with van der Waals surface area (Å²) < 4.78 is 5.84. The lowest BCUT2D eigenvalue weighted by molar-refractivity contribution is 0.111. The Morgan fingerprint density at radius 2 is 1.80 bits per heavy atom. The van der Waals surface area contributed by atoms with E-state index in [1.165, 1.54) is 12.3 Å². The first-order valence-electron chi connectivity index (χ1n) is 10.5. The Bertz CT molecular complexity index is 1500. The van der Waals surface area contributed by atoms with Crippen molar-refractivity contribution in [3.8, 4) is 29.0 Å². The molecule has 7 heteroatoms. The van der Waals surface area contributed by atoms with Crippen LogP contribution in [0.25, 0.3) is 23.3 Å². The summed E-state index contributed by atoms with van der Waals surface area (Å²) >= 11 is 6.41. The smallest absolute Gasteiger partial charge is 0.153 e. The number of nitriles is 2. The second-order valence-electron chi connectivity index (χ2n) is 7.44. The molecular weight excluding hydrogens is 460 g/mol. The lowest BCUT2D eigenvalue weighted by Crippen LogP contribution is -2.00. The van der Waals surface area contributed by atoms with Crippen LogP contribution < -0.4 is 4.74 Å². The first kappa shape index (κ1) is 23.4. The van der Waals surface area contributed by atoms with Gasteiger partial charge in [-0.2, -0.15) is 10.5 Å². The van der Waals surface area contributed by atoms with Crippen molar-refractivity contribution in [3.05, 3.63) is 112 Å². The highest BCUT2D eigenvalue weighted by Crippen LogP contribution is 2.30. The van der Waals surface area contributed by atoms with Crippen LogP contribution in [0, 0.1) is 22.7 Å². The van der Waals surface area contributed by atoms with Crippen molar-refractivity contribution in [3.63, 3.8) is 0 Å². The number of benzene rings is 2. The van der Waals surface area contributed by atoms with Gasteiger partial charge in [0.1, 0.15) is 24.5 Å². The molecule has 168 valence electrons. The van der Waals surface area contributed by atoms with Gasteiger partial charge in [-0.15, -0.1) is 0 Å². The fraction of sp³-hybridized carbons (Fsp3) is 0.0357. The molecule has 0 unspecified atom stereocenters. The lowest BCUT2D eigenvalue weighted by Gasteiger charge is -2.11. The van der Waals surface area contributed by atoms with Crippen molar-refractivity contribution in [1.82, 2.24) is 9.97 Å². The van der Waals surface area contributed by atoms with Gasteiger partial charge >= 0.3 is 0 Å². The molecule has 35 heavy (non-hydrogen) atoms. The number of hydrogen-bond donors (Lipinski definition) is 0. The third-order valence-electron chi connectivity index (χ3n) is 5.17. The van der Waals surface area contributed by atoms with Crippen molar-refractivity contribution in [1.29, 1.82) is 10.5 Å². The topological polar surface area (TPSA) is 99.7 Å². The van der Waals surface area contributed by atoms with E-state index in [-0.39, 0.29) is 6.61 Å². The van der Waals surface area contributed by atoms with Gasteiger partial charge in [0.2, 0.25) is 0 Å². The Labute approximate surface area is 207 Å². The molecule has 4 aromatic rings. The van der Waals surface area contributed by atoms with Crippen LogP contribution in [0.3, 0.4) is 0 Å². The Kier molecular flexibility index (Phi) is 7.28. The van der Waals surface area contributed by atoms with Crippen LogP contribution in [0.2, 0.25) is 5.02 Å². The lowest BCUT2D eigenvalue weighted by atomic mass is 9.99. The summed E-state index contributed by atoms with van der Waals surface area (Å²) in [7, 11) is 0. The largest absolute Gasteiger partial charge is 0.488 e. The van der Waals surface area contributed by atoms with Crippen LogP contribution >= 0.6 is 11.6 Å². The third kappa shape index (κ3) is 5.42. The van der Waals surface area contributed by atoms with Crippen molar-refractivity contribution >= 4 is 30.0 Å². The summed E-state index contributed by atoms with van der Waals surface area (Å²) in [6, 6.07) is 20.5. The molecule has 0 aliphatic rings. The second kappa shape index (κ2) is 10.9. The zero-order valence-corrected chi connectivity index (χ0v) is 19.1. The number of aldehydes is 1. The molecule has 0 bridgehead atoms. The quantitative estimate of drug-likeness (QED) is 0.299. The van der Waals surface area contributed by atoms with Gasteiger partial charge in [0, 0.05) is 34.7 Å². The molecule has 2 heterocycles. The number of rotatable bonds is 7. The maximum atomic E-state index is 11.6. The number of hydrogen-bond acceptors (Lipinski definition) is 6. The first-order chi connectivity index (χ1) is 17.1. The SMILES string of the molecule is N#Cc1cncc(COc2cc(C=Cc3nccc(-c4ccccc4)c3C#N)c(Cl)cc2C=O)c1. The van der Waals surface area contributed by atoms with Gasteiger partial charge in [-0.25, -0.2) is 0 Å². The van der Waals surface area contributed by atoms with Crippen LogP contribution in [-0.4, -0.2) is 16.3 Å². The van der Waals surface area contributed by atoms with Gasteiger partial charge < -0.3 is 4.74 Å². The van der Waals surface area contributed by atoms with E-state index < -0.39 is 0 Å². The molecule has 0 aliphatic carbocycles. The van der Waals surface area contributed by atoms with E-state index in [9.17, 15) is 10.1 Å². The molecule has 6 nitrogen and oxygen atoms in total. The molecule has 0 atom stereocenters. The standard InChI is InChI=1S/C28H17ClN4O2/c29-26-11-23(17-34)28(35-18-20-10-19(13-30)15-32-16-20)12-22(26)6-7-27-25(14-31)24(8-9-33-27)21-4-2-1-3-5-21/h1-12,15-17H,18H2. The van der Waals surface area contributed by atoms with E-state index >= 15 is 0 Å². The van der Waals surface area contributed by atoms with Crippen molar-refractivity contribution in [2.24, 2.45) is 0 Å². The highest BCUT2D eigenvalue weighted by atomic mass is 35.5. The summed E-state index contributed by atoms with van der Waals surface area (Å²) in [5.41, 5.74) is 4.62. The van der Waals surface area contributed by atoms with Crippen molar-refractivity contribution < 1.29 is 9.53 Å². The van der Waals surface area contributed by atoms with Crippen LogP contribution in [0.5, 0.6) is 5.75 Å². The summed E-state index contributed by atoms with van der Waals surface area (Å²) in [5.74, 6) is 0.331. The third-order valence-corrected chi connectivity index (χ3v) is 5.50. The van der Waals surface area contributed by atoms with E-state index in [1.54, 1.807) is 42.7 Å². The van der Waals surface area contributed by atoms with Gasteiger partial charge in [0.05, 0.1) is 22.4 Å². The monoisotopic (exact) mass is 476 g/mol. The molecule has 2 aromatic heterocycles. The van der Waals surface area contributed by atoms with E-state index in [1.807, 2.05) is 36.4 Å². The second-order valence-corrected chi connectivity index (χ2v) is 7.85. The molecule has 0 saturated heterocycles. The molecule has 0 N–H and O–H groups in total. The fourth-order valence-corrected chi connectivity index (χ4v) is 3.70. The van der Waals surface area contributed by atoms with Gasteiger partial charge in [0.25, 0.3) is 0 Å². The fourth-order valence-electron chi connectivity index (χ4n) is 3.47. The van der Waals surface area contributed by atoms with E-state index in [0.29, 0.717) is 50.6 Å². The Morgan fingerprint density at radius 1 is 0.971 bits per heavy atom. The van der Waals surface area contributed by atoms with Gasteiger partial charge in [0.15, 0.2) is 6.29 Å². The Morgan fingerprint density at radius 3 is 2.54 bits per heavy atom. The molecule has 0 radical (unpaired) electrons. The summed E-state index contributed by atoms with van der Waals surface area (Å²) in [6.45, 7) is 0.118. The van der Waals surface area contributed by atoms with Crippen LogP contribution in [0.4, 0.5) is 0 Å². The number of aromatic nitrogens is 2. The van der Waals surface area contributed by atoms with E-state index in [4.69, 9.17) is 21.6 Å². The molecule has 0 fully saturated rings. The molecule has 0 amide bonds. The minimum atomic E-state index is 0.118. The number of ether oxygens (including phenoxy) is 1. The summed E-state index contributed by atoms with van der Waals surface area (Å²) in [4.78, 5) is 19.9. The Balaban J connectivity index is 1.65. The zero-order chi connectivity index (χ0) is 24.6. The maximum absolute atomic E-state index is 11.6. The van der Waals surface area contributed by atoms with Gasteiger partial charge in [-0.3, -0.25) is 14.8 Å². The normalized spacial score (nSPS) is 10.5. The van der Waals surface area contributed by atoms with Crippen molar-refractivity contribution in [2.75, 3.05) is 0 Å². The highest BCUT2D eigenvalue weighted by molar-refractivity contribution is 6.32. The average molecular weight is 477 g/mol. The summed E-state index contributed by atoms with van der Waals surface area (Å²) in [5, 5.41) is 19.2. The molecular formula is C28H17ClN4O2. The van der Waals surface area contributed by atoms with Crippen LogP contribution in [-0.2, 0) is 6.61 Å². The van der Waals surface area contributed by atoms with Gasteiger partial charge in [-0.1, -0.05) is 48.0 Å². The highest BCUT2D eigenvalue weighted by Gasteiger charge is 2.12. The number of pyridine rings is 2. The number of carbonyl (C=O) groups excluding carboxylic acids is 1. The van der Waals surface area contributed by atoms with Crippen LogP contribution in [0.1, 0.15) is 38.3 Å². The summed E-state index contributed by atoms with van der Waals surface area (Å²) in [6.07, 6.45) is 8.79. The number of halogens is 1. The molecule has 2 aromatic carbocycles. The molecule has 0 spiro atoms.